The van der Waals surface area contributed by atoms with Crippen molar-refractivity contribution in [3.63, 3.8) is 0 Å². The Morgan fingerprint density at radius 1 is 1.22 bits per heavy atom. The highest BCUT2D eigenvalue weighted by Crippen LogP contribution is 2.30. The molecule has 142 valence electrons. The van der Waals surface area contributed by atoms with Gasteiger partial charge in [-0.25, -0.2) is 27.7 Å². The average Bonchev–Trinajstić information content (AvgIpc) is 3.03. The van der Waals surface area contributed by atoms with Gasteiger partial charge in [0.25, 0.3) is 0 Å². The van der Waals surface area contributed by atoms with Crippen molar-refractivity contribution in [2.24, 2.45) is 0 Å². The summed E-state index contributed by atoms with van der Waals surface area (Å²) in [6, 6.07) is 3.84. The second kappa shape index (κ2) is 6.30. The first-order chi connectivity index (χ1) is 12.5. The number of hydrogen-bond donors (Lipinski definition) is 1. The van der Waals surface area contributed by atoms with Gasteiger partial charge in [-0.3, -0.25) is 0 Å². The van der Waals surface area contributed by atoms with Crippen LogP contribution < -0.4 is 0 Å². The molecule has 3 aromatic rings. The van der Waals surface area contributed by atoms with Gasteiger partial charge in [0.05, 0.1) is 16.9 Å². The number of rotatable bonds is 4. The molecule has 8 nitrogen and oxygen atoms in total. The summed E-state index contributed by atoms with van der Waals surface area (Å²) < 4.78 is 63.7. The Kier molecular flexibility index (Phi) is 4.38. The Morgan fingerprint density at radius 2 is 1.93 bits per heavy atom. The largest absolute Gasteiger partial charge is 0.478 e. The number of carboxylic acids is 1. The van der Waals surface area contributed by atoms with Crippen molar-refractivity contribution in [2.45, 2.75) is 18.1 Å². The predicted molar refractivity (Wildman–Crippen MR) is 85.9 cm³/mol. The maximum Gasteiger partial charge on any atom is 0.416 e. The normalized spacial score (nSPS) is 12.4. The number of carboxylic acid groups (broad SMARTS) is 1. The Morgan fingerprint density at radius 3 is 2.52 bits per heavy atom. The van der Waals surface area contributed by atoms with Crippen LogP contribution in [0.1, 0.15) is 22.8 Å². The molecule has 0 spiro atoms. The summed E-state index contributed by atoms with van der Waals surface area (Å²) in [5.74, 6) is -1.99. The molecule has 0 unspecified atom stereocenters. The molecule has 3 heterocycles. The topological polar surface area (TPSA) is 115 Å². The molecule has 0 fully saturated rings. The van der Waals surface area contributed by atoms with Gasteiger partial charge in [0.1, 0.15) is 5.69 Å². The van der Waals surface area contributed by atoms with Crippen molar-refractivity contribution in [1.82, 2.24) is 19.6 Å². The van der Waals surface area contributed by atoms with Crippen molar-refractivity contribution >= 4 is 21.5 Å². The zero-order valence-electron chi connectivity index (χ0n) is 13.6. The predicted octanol–water partition coefficient (Wildman–Crippen LogP) is 2.30. The number of nitrogens with zero attached hydrogens (tertiary/aromatic N) is 4. The number of pyridine rings is 2. The van der Waals surface area contributed by atoms with E-state index >= 15 is 0 Å². The number of alkyl halides is 3. The molecule has 0 aliphatic carbocycles. The SMILES string of the molecule is CCS(=O)(=O)c1nc(-c2nc3cc(C(F)(F)F)ccn3n2)ccc1C(=O)O. The van der Waals surface area contributed by atoms with E-state index in [1.807, 2.05) is 0 Å². The van der Waals surface area contributed by atoms with E-state index in [1.54, 1.807) is 0 Å². The fourth-order valence-electron chi connectivity index (χ4n) is 2.27. The molecule has 0 bridgehead atoms. The summed E-state index contributed by atoms with van der Waals surface area (Å²) >= 11 is 0. The molecule has 0 radical (unpaired) electrons. The van der Waals surface area contributed by atoms with E-state index < -0.39 is 38.1 Å². The summed E-state index contributed by atoms with van der Waals surface area (Å²) in [6.45, 7) is 1.33. The Balaban J connectivity index is 2.16. The van der Waals surface area contributed by atoms with Gasteiger partial charge in [-0.05, 0) is 24.3 Å². The first-order valence-electron chi connectivity index (χ1n) is 7.44. The van der Waals surface area contributed by atoms with Gasteiger partial charge in [-0.15, -0.1) is 5.10 Å². The van der Waals surface area contributed by atoms with E-state index in [0.29, 0.717) is 0 Å². The van der Waals surface area contributed by atoms with Crippen LogP contribution in [0.15, 0.2) is 35.5 Å². The van der Waals surface area contributed by atoms with Crippen LogP contribution in [0.4, 0.5) is 13.2 Å². The van der Waals surface area contributed by atoms with E-state index in [2.05, 4.69) is 15.1 Å². The molecule has 0 aliphatic heterocycles. The standard InChI is InChI=1S/C15H11F3N4O4S/c1-2-27(25,26)13-9(14(23)24)3-4-10(19-13)12-20-11-7-8(15(16,17)18)5-6-22(11)21-12/h3-7H,2H2,1H3,(H,23,24). The molecule has 1 N–H and O–H groups in total. The molecule has 0 amide bonds. The molecule has 27 heavy (non-hydrogen) atoms. The quantitative estimate of drug-likeness (QED) is 0.715. The van der Waals surface area contributed by atoms with Crippen molar-refractivity contribution in [3.05, 3.63) is 41.6 Å². The summed E-state index contributed by atoms with van der Waals surface area (Å²) in [5.41, 5.74) is -1.63. The second-order valence-corrected chi connectivity index (χ2v) is 7.60. The lowest BCUT2D eigenvalue weighted by atomic mass is 10.2. The molecule has 12 heteroatoms. The fraction of sp³-hybridized carbons (Fsp3) is 0.200. The highest BCUT2D eigenvalue weighted by atomic mass is 32.2. The second-order valence-electron chi connectivity index (χ2n) is 5.41. The number of aromatic carboxylic acids is 1. The first-order valence-corrected chi connectivity index (χ1v) is 9.09. The number of halogens is 3. The van der Waals surface area contributed by atoms with Crippen molar-refractivity contribution < 1.29 is 31.5 Å². The average molecular weight is 400 g/mol. The lowest BCUT2D eigenvalue weighted by Gasteiger charge is -2.06. The third kappa shape index (κ3) is 3.47. The molecule has 0 saturated carbocycles. The molecular weight excluding hydrogens is 389 g/mol. The lowest BCUT2D eigenvalue weighted by Crippen LogP contribution is -2.13. The summed E-state index contributed by atoms with van der Waals surface area (Å²) in [7, 11) is -3.96. The van der Waals surface area contributed by atoms with E-state index in [9.17, 15) is 26.4 Å². The molecule has 0 aliphatic rings. The first kappa shape index (κ1) is 18.8. The minimum atomic E-state index is -4.56. The summed E-state index contributed by atoms with van der Waals surface area (Å²) in [4.78, 5) is 19.0. The van der Waals surface area contributed by atoms with Gasteiger partial charge in [0.2, 0.25) is 5.82 Å². The molecule has 3 aromatic heterocycles. The van der Waals surface area contributed by atoms with Crippen LogP contribution in [0, 0.1) is 0 Å². The van der Waals surface area contributed by atoms with Gasteiger partial charge < -0.3 is 5.11 Å². The summed E-state index contributed by atoms with van der Waals surface area (Å²) in [6.07, 6.45) is -3.50. The van der Waals surface area contributed by atoms with Crippen LogP contribution in [0.3, 0.4) is 0 Å². The molecule has 3 rings (SSSR count). The third-order valence-electron chi connectivity index (χ3n) is 3.66. The van der Waals surface area contributed by atoms with Crippen LogP contribution in [-0.4, -0.2) is 44.8 Å². The summed E-state index contributed by atoms with van der Waals surface area (Å²) in [5, 5.41) is 12.5. The molecular formula is C15H11F3N4O4S. The van der Waals surface area contributed by atoms with Crippen molar-refractivity contribution in [3.8, 4) is 11.5 Å². The molecule has 0 aromatic carbocycles. The minimum Gasteiger partial charge on any atom is -0.478 e. The van der Waals surface area contributed by atoms with Gasteiger partial charge in [0.15, 0.2) is 20.5 Å². The van der Waals surface area contributed by atoms with Crippen LogP contribution in [-0.2, 0) is 16.0 Å². The van der Waals surface area contributed by atoms with Crippen molar-refractivity contribution in [2.75, 3.05) is 5.75 Å². The Labute approximate surface area is 150 Å². The number of carbonyl (C=O) groups is 1. The Hall–Kier alpha value is -3.02. The monoisotopic (exact) mass is 400 g/mol. The van der Waals surface area contributed by atoms with Gasteiger partial charge in [-0.1, -0.05) is 6.92 Å². The van der Waals surface area contributed by atoms with Crippen LogP contribution in [0.5, 0.6) is 0 Å². The van der Waals surface area contributed by atoms with Gasteiger partial charge in [0, 0.05) is 6.20 Å². The highest BCUT2D eigenvalue weighted by molar-refractivity contribution is 7.91. The zero-order chi connectivity index (χ0) is 20.0. The number of aromatic nitrogens is 4. The maximum absolute atomic E-state index is 12.8. The van der Waals surface area contributed by atoms with E-state index in [-0.39, 0.29) is 22.9 Å². The molecule has 0 saturated heterocycles. The van der Waals surface area contributed by atoms with Crippen LogP contribution in [0.25, 0.3) is 17.2 Å². The van der Waals surface area contributed by atoms with E-state index in [0.717, 1.165) is 28.9 Å². The van der Waals surface area contributed by atoms with Crippen LogP contribution >= 0.6 is 0 Å². The van der Waals surface area contributed by atoms with Gasteiger partial charge >= 0.3 is 12.1 Å². The van der Waals surface area contributed by atoms with E-state index in [4.69, 9.17) is 5.11 Å². The van der Waals surface area contributed by atoms with Crippen LogP contribution in [0.2, 0.25) is 0 Å². The third-order valence-corrected chi connectivity index (χ3v) is 5.32. The smallest absolute Gasteiger partial charge is 0.416 e. The number of fused-ring (bicyclic) bond motifs is 1. The lowest BCUT2D eigenvalue weighted by molar-refractivity contribution is -0.137. The number of hydrogen-bond acceptors (Lipinski definition) is 6. The Bertz CT molecular complexity index is 1160. The minimum absolute atomic E-state index is 0.0794. The number of sulfone groups is 1. The van der Waals surface area contributed by atoms with E-state index in [1.165, 1.54) is 13.0 Å². The maximum atomic E-state index is 12.8. The van der Waals surface area contributed by atoms with Crippen molar-refractivity contribution in [1.29, 1.82) is 0 Å². The van der Waals surface area contributed by atoms with Gasteiger partial charge in [-0.2, -0.15) is 13.2 Å². The highest BCUT2D eigenvalue weighted by Gasteiger charge is 2.31. The molecule has 0 atom stereocenters. The fourth-order valence-corrected chi connectivity index (χ4v) is 3.27. The zero-order valence-corrected chi connectivity index (χ0v) is 14.4.